The molecule has 0 amide bonds. The summed E-state index contributed by atoms with van der Waals surface area (Å²) in [6.07, 6.45) is 7.81. The van der Waals surface area contributed by atoms with Crippen molar-refractivity contribution in [2.24, 2.45) is 0 Å². The maximum atomic E-state index is 13.8. The van der Waals surface area contributed by atoms with Gasteiger partial charge >= 0.3 is 0 Å². The second-order valence-corrected chi connectivity index (χ2v) is 8.84. The quantitative estimate of drug-likeness (QED) is 0.385. The number of aromatic nitrogens is 3. The summed E-state index contributed by atoms with van der Waals surface area (Å²) in [5.74, 6) is 0.803. The van der Waals surface area contributed by atoms with Gasteiger partial charge in [-0.3, -0.25) is 4.79 Å². The van der Waals surface area contributed by atoms with E-state index in [1.54, 1.807) is 24.1 Å². The van der Waals surface area contributed by atoms with Crippen LogP contribution in [0.2, 0.25) is 0 Å². The van der Waals surface area contributed by atoms with Gasteiger partial charge in [-0.15, -0.1) is 0 Å². The Labute approximate surface area is 197 Å². The van der Waals surface area contributed by atoms with Gasteiger partial charge in [-0.1, -0.05) is 12.1 Å². The van der Waals surface area contributed by atoms with Crippen molar-refractivity contribution in [2.75, 3.05) is 12.4 Å². The van der Waals surface area contributed by atoms with Gasteiger partial charge in [-0.2, -0.15) is 0 Å². The van der Waals surface area contributed by atoms with Crippen LogP contribution in [-0.2, 0) is 0 Å². The normalized spacial score (nSPS) is 14.1. The van der Waals surface area contributed by atoms with E-state index in [1.807, 2.05) is 61.1 Å². The molecule has 1 aliphatic rings. The SMILES string of the molecule is COc1cc(Nc2cc(C3CC3)cn([C@@H](C)c3cccc(F)c3)c2=O)ccc1-n1cnc(C)c1. The van der Waals surface area contributed by atoms with E-state index in [1.165, 1.54) is 12.1 Å². The summed E-state index contributed by atoms with van der Waals surface area (Å²) < 4.78 is 23.1. The van der Waals surface area contributed by atoms with Crippen molar-refractivity contribution in [1.82, 2.24) is 14.1 Å². The molecule has 1 saturated carbocycles. The number of aryl methyl sites for hydroxylation is 1. The number of rotatable bonds is 7. The number of nitrogens with one attached hydrogen (secondary N) is 1. The molecule has 0 saturated heterocycles. The van der Waals surface area contributed by atoms with E-state index in [-0.39, 0.29) is 17.4 Å². The molecule has 2 aromatic carbocycles. The smallest absolute Gasteiger partial charge is 0.274 e. The molecule has 5 rings (SSSR count). The molecule has 2 aromatic heterocycles. The van der Waals surface area contributed by atoms with Crippen molar-refractivity contribution < 1.29 is 9.13 Å². The summed E-state index contributed by atoms with van der Waals surface area (Å²) in [6, 6.07) is 13.8. The number of anilines is 2. The fraction of sp³-hybridized carbons (Fsp3) is 0.259. The highest BCUT2D eigenvalue weighted by molar-refractivity contribution is 5.65. The van der Waals surface area contributed by atoms with E-state index in [2.05, 4.69) is 10.3 Å². The van der Waals surface area contributed by atoms with Crippen molar-refractivity contribution in [1.29, 1.82) is 0 Å². The van der Waals surface area contributed by atoms with Crippen LogP contribution >= 0.6 is 0 Å². The minimum absolute atomic E-state index is 0.158. The van der Waals surface area contributed by atoms with Gasteiger partial charge in [-0.25, -0.2) is 9.37 Å². The molecule has 0 aliphatic heterocycles. The molecule has 6 nitrogen and oxygen atoms in total. The first-order valence-electron chi connectivity index (χ1n) is 11.4. The third-order valence-electron chi connectivity index (χ3n) is 6.31. The molecular formula is C27H27FN4O2. The molecule has 0 unspecified atom stereocenters. The van der Waals surface area contributed by atoms with Crippen molar-refractivity contribution in [3.8, 4) is 11.4 Å². The Balaban J connectivity index is 1.52. The molecule has 1 fully saturated rings. The Kier molecular flexibility index (Phi) is 5.69. The molecule has 7 heteroatoms. The average molecular weight is 459 g/mol. The molecule has 0 spiro atoms. The Morgan fingerprint density at radius 2 is 1.97 bits per heavy atom. The van der Waals surface area contributed by atoms with E-state index in [9.17, 15) is 9.18 Å². The van der Waals surface area contributed by atoms with Gasteiger partial charge in [0.25, 0.3) is 5.56 Å². The van der Waals surface area contributed by atoms with Crippen LogP contribution in [0.5, 0.6) is 5.75 Å². The Hall–Kier alpha value is -3.87. The predicted molar refractivity (Wildman–Crippen MR) is 131 cm³/mol. The summed E-state index contributed by atoms with van der Waals surface area (Å²) in [6.45, 7) is 3.85. The van der Waals surface area contributed by atoms with Crippen molar-refractivity contribution >= 4 is 11.4 Å². The lowest BCUT2D eigenvalue weighted by Crippen LogP contribution is -2.26. The minimum Gasteiger partial charge on any atom is -0.494 e. The van der Waals surface area contributed by atoms with Crippen LogP contribution in [-0.4, -0.2) is 21.2 Å². The maximum absolute atomic E-state index is 13.8. The van der Waals surface area contributed by atoms with Gasteiger partial charge < -0.3 is 19.2 Å². The van der Waals surface area contributed by atoms with Gasteiger partial charge in [0.2, 0.25) is 0 Å². The third-order valence-corrected chi connectivity index (χ3v) is 6.31. The first-order chi connectivity index (χ1) is 16.4. The van der Waals surface area contributed by atoms with E-state index >= 15 is 0 Å². The molecule has 0 bridgehead atoms. The predicted octanol–water partition coefficient (Wildman–Crippen LogP) is 5.72. The molecule has 0 radical (unpaired) electrons. The van der Waals surface area contributed by atoms with Crippen molar-refractivity contribution in [3.63, 3.8) is 0 Å². The Bertz CT molecular complexity index is 1400. The zero-order valence-electron chi connectivity index (χ0n) is 19.5. The first kappa shape index (κ1) is 21.9. The van der Waals surface area contributed by atoms with E-state index in [4.69, 9.17) is 4.74 Å². The van der Waals surface area contributed by atoms with Gasteiger partial charge in [0.1, 0.15) is 17.3 Å². The molecule has 174 valence electrons. The van der Waals surface area contributed by atoms with E-state index in [0.717, 1.165) is 41.0 Å². The lowest BCUT2D eigenvalue weighted by molar-refractivity contribution is 0.413. The zero-order chi connectivity index (χ0) is 23.8. The standard InChI is InChI=1S/C27H27FN4O2/c1-17-14-31(16-29-17)25-10-9-23(13-26(25)34-3)30-24-12-21(19-7-8-19)15-32(27(24)33)18(2)20-5-4-6-22(28)11-20/h4-6,9-16,18-19,30H,7-8H2,1-3H3/t18-/m0/s1. The summed E-state index contributed by atoms with van der Waals surface area (Å²) >= 11 is 0. The molecule has 1 N–H and O–H groups in total. The number of imidazole rings is 1. The summed E-state index contributed by atoms with van der Waals surface area (Å²) in [7, 11) is 1.62. The van der Waals surface area contributed by atoms with Crippen LogP contribution in [0.3, 0.4) is 0 Å². The highest BCUT2D eigenvalue weighted by Crippen LogP contribution is 2.41. The number of methoxy groups -OCH3 is 1. The van der Waals surface area contributed by atoms with Crippen LogP contribution in [0.4, 0.5) is 15.8 Å². The number of pyridine rings is 1. The van der Waals surface area contributed by atoms with E-state index < -0.39 is 0 Å². The number of hydrogen-bond donors (Lipinski definition) is 1. The second-order valence-electron chi connectivity index (χ2n) is 8.84. The van der Waals surface area contributed by atoms with Crippen molar-refractivity contribution in [3.05, 3.63) is 100 Å². The maximum Gasteiger partial charge on any atom is 0.274 e. The molecule has 1 atom stereocenters. The summed E-state index contributed by atoms with van der Waals surface area (Å²) in [5.41, 5.74) is 4.71. The number of nitrogens with zero attached hydrogens (tertiary/aromatic N) is 3. The van der Waals surface area contributed by atoms with Crippen LogP contribution < -0.4 is 15.6 Å². The van der Waals surface area contributed by atoms with Gasteiger partial charge in [0, 0.05) is 24.1 Å². The Morgan fingerprint density at radius 1 is 1.15 bits per heavy atom. The fourth-order valence-corrected chi connectivity index (χ4v) is 4.25. The lowest BCUT2D eigenvalue weighted by atomic mass is 10.1. The van der Waals surface area contributed by atoms with Crippen LogP contribution in [0.25, 0.3) is 5.69 Å². The van der Waals surface area contributed by atoms with E-state index in [0.29, 0.717) is 17.4 Å². The number of benzene rings is 2. The molecule has 1 aliphatic carbocycles. The highest BCUT2D eigenvalue weighted by Gasteiger charge is 2.26. The Morgan fingerprint density at radius 3 is 2.65 bits per heavy atom. The first-order valence-corrected chi connectivity index (χ1v) is 11.4. The largest absolute Gasteiger partial charge is 0.494 e. The second kappa shape index (κ2) is 8.82. The molecule has 4 aromatic rings. The van der Waals surface area contributed by atoms with Crippen molar-refractivity contribution in [2.45, 2.75) is 38.6 Å². The summed E-state index contributed by atoms with van der Waals surface area (Å²) in [5, 5.41) is 3.30. The van der Waals surface area contributed by atoms with Crippen LogP contribution in [0.15, 0.2) is 72.0 Å². The number of ether oxygens (including phenoxy) is 1. The topological polar surface area (TPSA) is 61.1 Å². The van der Waals surface area contributed by atoms with Gasteiger partial charge in [0.05, 0.1) is 30.9 Å². The zero-order valence-corrected chi connectivity index (χ0v) is 19.5. The average Bonchev–Trinajstić information content (AvgIpc) is 3.60. The van der Waals surface area contributed by atoms with Gasteiger partial charge in [-0.05, 0) is 74.1 Å². The number of hydrogen-bond acceptors (Lipinski definition) is 4. The lowest BCUT2D eigenvalue weighted by Gasteiger charge is -2.19. The third kappa shape index (κ3) is 4.33. The van der Waals surface area contributed by atoms with Crippen LogP contribution in [0.1, 0.15) is 48.5 Å². The number of halogens is 1. The molecule has 2 heterocycles. The minimum atomic E-state index is -0.311. The molecule has 34 heavy (non-hydrogen) atoms. The van der Waals surface area contributed by atoms with Crippen LogP contribution in [0, 0.1) is 12.7 Å². The molecular weight excluding hydrogens is 431 g/mol. The summed E-state index contributed by atoms with van der Waals surface area (Å²) in [4.78, 5) is 17.8. The monoisotopic (exact) mass is 458 g/mol. The fourth-order valence-electron chi connectivity index (χ4n) is 4.25. The van der Waals surface area contributed by atoms with Gasteiger partial charge in [0.15, 0.2) is 0 Å². The highest BCUT2D eigenvalue weighted by atomic mass is 19.1.